The van der Waals surface area contributed by atoms with Gasteiger partial charge in [-0.1, -0.05) is 36.4 Å². The molecule has 0 amide bonds. The Balaban J connectivity index is 2.53. The van der Waals surface area contributed by atoms with Gasteiger partial charge < -0.3 is 15.9 Å². The van der Waals surface area contributed by atoms with E-state index in [4.69, 9.17) is 5.73 Å². The van der Waals surface area contributed by atoms with Crippen LogP contribution in [-0.2, 0) is 16.6 Å². The number of phenolic OH excluding ortho intramolecular Hbond substituents is 1. The van der Waals surface area contributed by atoms with Crippen LogP contribution in [0.3, 0.4) is 0 Å². The number of rotatable bonds is 5. The molecule has 1 atom stereocenters. The summed E-state index contributed by atoms with van der Waals surface area (Å²) in [5.41, 5.74) is 7.00. The van der Waals surface area contributed by atoms with Crippen LogP contribution in [0.25, 0.3) is 0 Å². The zero-order valence-corrected chi connectivity index (χ0v) is 11.9. The highest BCUT2D eigenvalue weighted by atomic mass is 16.4. The van der Waals surface area contributed by atoms with Crippen molar-refractivity contribution >= 4 is 5.97 Å². The zero-order chi connectivity index (χ0) is 15.5. The average molecular weight is 285 g/mol. The number of phenols is 1. The van der Waals surface area contributed by atoms with E-state index < -0.39 is 11.4 Å². The van der Waals surface area contributed by atoms with Crippen LogP contribution in [0.5, 0.6) is 5.75 Å². The molecule has 0 fully saturated rings. The van der Waals surface area contributed by atoms with Gasteiger partial charge in [0.15, 0.2) is 0 Å². The number of aryl methyl sites for hydroxylation is 1. The third-order valence-electron chi connectivity index (χ3n) is 3.83. The lowest BCUT2D eigenvalue weighted by molar-refractivity contribution is -0.143. The molecule has 2 aromatic carbocycles. The van der Waals surface area contributed by atoms with Crippen LogP contribution in [0.1, 0.15) is 16.7 Å². The van der Waals surface area contributed by atoms with Gasteiger partial charge in [-0.25, -0.2) is 0 Å². The maximum atomic E-state index is 12.0. The molecule has 0 radical (unpaired) electrons. The van der Waals surface area contributed by atoms with Gasteiger partial charge in [-0.15, -0.1) is 0 Å². The minimum Gasteiger partial charge on any atom is -0.508 e. The molecule has 0 aliphatic carbocycles. The Labute approximate surface area is 123 Å². The maximum Gasteiger partial charge on any atom is 0.315 e. The monoisotopic (exact) mass is 285 g/mol. The molecule has 0 saturated heterocycles. The van der Waals surface area contributed by atoms with E-state index in [1.54, 1.807) is 30.3 Å². The van der Waals surface area contributed by atoms with E-state index in [0.717, 1.165) is 11.1 Å². The van der Waals surface area contributed by atoms with Crippen molar-refractivity contribution in [2.45, 2.75) is 18.8 Å². The smallest absolute Gasteiger partial charge is 0.315 e. The molecular formula is C17H19NO3. The highest BCUT2D eigenvalue weighted by molar-refractivity contribution is 5.83. The van der Waals surface area contributed by atoms with E-state index in [1.165, 1.54) is 0 Å². The zero-order valence-electron chi connectivity index (χ0n) is 11.9. The third-order valence-corrected chi connectivity index (χ3v) is 3.83. The Hall–Kier alpha value is -2.33. The van der Waals surface area contributed by atoms with Crippen LogP contribution in [0.4, 0.5) is 0 Å². The Morgan fingerprint density at radius 1 is 1.19 bits per heavy atom. The van der Waals surface area contributed by atoms with E-state index in [-0.39, 0.29) is 18.7 Å². The molecule has 1 unspecified atom stereocenters. The molecule has 0 bridgehead atoms. The molecule has 0 heterocycles. The molecule has 4 N–H and O–H groups in total. The van der Waals surface area contributed by atoms with Crippen molar-refractivity contribution < 1.29 is 15.0 Å². The highest BCUT2D eigenvalue weighted by Crippen LogP contribution is 2.31. The second-order valence-corrected chi connectivity index (χ2v) is 5.25. The summed E-state index contributed by atoms with van der Waals surface area (Å²) < 4.78 is 0. The lowest BCUT2D eigenvalue weighted by Crippen LogP contribution is -2.45. The fraction of sp³-hybridized carbons (Fsp3) is 0.235. The number of carboxylic acid groups (broad SMARTS) is 1. The van der Waals surface area contributed by atoms with Gasteiger partial charge in [-0.2, -0.15) is 0 Å². The van der Waals surface area contributed by atoms with Crippen LogP contribution in [0.2, 0.25) is 0 Å². The molecule has 21 heavy (non-hydrogen) atoms. The van der Waals surface area contributed by atoms with Gasteiger partial charge in [0.05, 0.1) is 0 Å². The predicted molar refractivity (Wildman–Crippen MR) is 81.4 cm³/mol. The first kappa shape index (κ1) is 15.1. The van der Waals surface area contributed by atoms with Gasteiger partial charge >= 0.3 is 5.97 Å². The molecule has 0 aliphatic heterocycles. The molecule has 4 nitrogen and oxygen atoms in total. The molecule has 0 spiro atoms. The Morgan fingerprint density at radius 3 is 2.48 bits per heavy atom. The lowest BCUT2D eigenvalue weighted by atomic mass is 9.74. The number of nitrogens with two attached hydrogens (primary N) is 1. The molecular weight excluding hydrogens is 266 g/mol. The van der Waals surface area contributed by atoms with Gasteiger partial charge in [0.25, 0.3) is 0 Å². The van der Waals surface area contributed by atoms with Gasteiger partial charge in [-0.3, -0.25) is 4.79 Å². The summed E-state index contributed by atoms with van der Waals surface area (Å²) in [6.07, 6.45) is 0.234. The summed E-state index contributed by atoms with van der Waals surface area (Å²) in [4.78, 5) is 12.0. The standard InChI is InChI=1S/C17H19NO3/c1-12-5-2-3-8-15(12)17(11-18,16(20)21)10-13-6-4-7-14(19)9-13/h2-9,19H,10-11,18H2,1H3,(H,20,21). The number of hydrogen-bond donors (Lipinski definition) is 3. The Bertz CT molecular complexity index is 654. The number of benzene rings is 2. The van der Waals surface area contributed by atoms with Crippen LogP contribution in [0, 0.1) is 6.92 Å². The molecule has 4 heteroatoms. The minimum absolute atomic E-state index is 0.0111. The summed E-state index contributed by atoms with van der Waals surface area (Å²) in [6, 6.07) is 14.0. The number of hydrogen-bond acceptors (Lipinski definition) is 3. The van der Waals surface area contributed by atoms with E-state index in [1.807, 2.05) is 25.1 Å². The molecule has 0 saturated carbocycles. The highest BCUT2D eigenvalue weighted by Gasteiger charge is 2.40. The van der Waals surface area contributed by atoms with E-state index in [2.05, 4.69) is 0 Å². The van der Waals surface area contributed by atoms with E-state index >= 15 is 0 Å². The first-order valence-corrected chi connectivity index (χ1v) is 6.77. The Morgan fingerprint density at radius 2 is 1.90 bits per heavy atom. The number of carboxylic acids is 1. The summed E-state index contributed by atoms with van der Waals surface area (Å²) >= 11 is 0. The molecule has 110 valence electrons. The van der Waals surface area contributed by atoms with Gasteiger partial charge in [0, 0.05) is 6.54 Å². The SMILES string of the molecule is Cc1ccccc1C(CN)(Cc1cccc(O)c1)C(=O)O. The number of aromatic hydroxyl groups is 1. The largest absolute Gasteiger partial charge is 0.508 e. The average Bonchev–Trinajstić information content (AvgIpc) is 2.45. The first-order valence-electron chi connectivity index (χ1n) is 6.77. The second kappa shape index (κ2) is 5.97. The van der Waals surface area contributed by atoms with Crippen LogP contribution in [0.15, 0.2) is 48.5 Å². The van der Waals surface area contributed by atoms with Crippen molar-refractivity contribution in [3.63, 3.8) is 0 Å². The summed E-state index contributed by atoms with van der Waals surface area (Å²) in [5.74, 6) is -0.837. The van der Waals surface area contributed by atoms with Crippen molar-refractivity contribution in [1.82, 2.24) is 0 Å². The minimum atomic E-state index is -1.20. The van der Waals surface area contributed by atoms with Crippen molar-refractivity contribution in [2.24, 2.45) is 5.73 Å². The summed E-state index contributed by atoms with van der Waals surface area (Å²) in [5, 5.41) is 19.4. The van der Waals surface area contributed by atoms with Gasteiger partial charge in [-0.05, 0) is 42.2 Å². The normalized spacial score (nSPS) is 13.6. The maximum absolute atomic E-state index is 12.0. The fourth-order valence-corrected chi connectivity index (χ4v) is 2.68. The quantitative estimate of drug-likeness (QED) is 0.786. The van der Waals surface area contributed by atoms with Crippen LogP contribution < -0.4 is 5.73 Å². The summed E-state index contributed by atoms with van der Waals surface area (Å²) in [7, 11) is 0. The topological polar surface area (TPSA) is 83.5 Å². The Kier molecular flexibility index (Phi) is 4.29. The van der Waals surface area contributed by atoms with Gasteiger partial charge in [0.1, 0.15) is 11.2 Å². The first-order chi connectivity index (χ1) is 9.99. The molecule has 2 rings (SSSR count). The second-order valence-electron chi connectivity index (χ2n) is 5.25. The molecule has 0 aliphatic rings. The number of carbonyl (C=O) groups is 1. The van der Waals surface area contributed by atoms with Crippen molar-refractivity contribution in [2.75, 3.05) is 6.54 Å². The molecule has 0 aromatic heterocycles. The van der Waals surface area contributed by atoms with Crippen molar-refractivity contribution in [3.8, 4) is 5.75 Å². The van der Waals surface area contributed by atoms with Crippen LogP contribution in [-0.4, -0.2) is 22.7 Å². The van der Waals surface area contributed by atoms with Crippen molar-refractivity contribution in [1.29, 1.82) is 0 Å². The predicted octanol–water partition coefficient (Wildman–Crippen LogP) is 2.22. The lowest BCUT2D eigenvalue weighted by Gasteiger charge is -2.30. The van der Waals surface area contributed by atoms with E-state index in [9.17, 15) is 15.0 Å². The summed E-state index contributed by atoms with van der Waals surface area (Å²) in [6.45, 7) is 1.87. The fourth-order valence-electron chi connectivity index (χ4n) is 2.68. The van der Waals surface area contributed by atoms with Crippen LogP contribution >= 0.6 is 0 Å². The van der Waals surface area contributed by atoms with Crippen molar-refractivity contribution in [3.05, 3.63) is 65.2 Å². The molecule has 2 aromatic rings. The third kappa shape index (κ3) is 2.90. The number of aliphatic carboxylic acids is 1. The van der Waals surface area contributed by atoms with E-state index in [0.29, 0.717) is 5.56 Å². The van der Waals surface area contributed by atoms with Gasteiger partial charge in [0.2, 0.25) is 0 Å².